The van der Waals surface area contributed by atoms with Crippen LogP contribution in [-0.4, -0.2) is 66.2 Å². The summed E-state index contributed by atoms with van der Waals surface area (Å²) in [6.07, 6.45) is 2.04. The van der Waals surface area contributed by atoms with Crippen LogP contribution in [0.3, 0.4) is 0 Å². The van der Waals surface area contributed by atoms with Gasteiger partial charge in [0, 0.05) is 25.7 Å². The first-order valence-electron chi connectivity index (χ1n) is 6.13. The van der Waals surface area contributed by atoms with Crippen LogP contribution in [-0.2, 0) is 19.2 Å². The van der Waals surface area contributed by atoms with E-state index in [4.69, 9.17) is 20.4 Å². The summed E-state index contributed by atoms with van der Waals surface area (Å²) in [5.74, 6) is -3.48. The fraction of sp³-hybridized carbons (Fsp3) is 0.667. The minimum Gasteiger partial charge on any atom is -0.870 e. The first-order chi connectivity index (χ1) is 9.25. The van der Waals surface area contributed by atoms with Gasteiger partial charge in [0.05, 0.1) is 0 Å². The second-order valence-electron chi connectivity index (χ2n) is 3.99. The van der Waals surface area contributed by atoms with E-state index >= 15 is 0 Å². The summed E-state index contributed by atoms with van der Waals surface area (Å²) in [7, 11) is 0. The second-order valence-corrected chi connectivity index (χ2v) is 3.99. The number of aliphatic carboxylic acids is 4. The van der Waals surface area contributed by atoms with E-state index < -0.39 is 23.9 Å². The minimum absolute atomic E-state index is 0. The fourth-order valence-corrected chi connectivity index (χ4v) is 1.10. The summed E-state index contributed by atoms with van der Waals surface area (Å²) in [4.78, 5) is 39.6. The summed E-state index contributed by atoms with van der Waals surface area (Å²) in [5, 5.41) is 32.5. The summed E-state index contributed by atoms with van der Waals surface area (Å²) in [6, 6.07) is 0. The average Bonchev–Trinajstić information content (AvgIpc) is 2.30. The molecule has 0 radical (unpaired) electrons. The van der Waals surface area contributed by atoms with Crippen molar-refractivity contribution in [2.75, 3.05) is 0 Å². The predicted molar refractivity (Wildman–Crippen MR) is 88.6 cm³/mol. The standard InChI is InChI=1S/2C6H10O4.2H3N.2Na.4H2O/c2*7-5(8)3-1-2-4-6(9)10;;;;;;;;/h2*1-4H2,(H,7,8)(H,9,10);2*1H3;;;4*1H2/q;;;;2*+1;;;;/p-2. The van der Waals surface area contributed by atoms with Gasteiger partial charge in [0.2, 0.25) is 0 Å². The van der Waals surface area contributed by atoms with Crippen molar-refractivity contribution in [1.82, 2.24) is 12.3 Å². The number of carboxylic acids is 4. The van der Waals surface area contributed by atoms with Crippen LogP contribution in [0.5, 0.6) is 0 Å². The Kier molecular flexibility index (Phi) is 102. The quantitative estimate of drug-likeness (QED) is 0.136. The van der Waals surface area contributed by atoms with Crippen LogP contribution in [0.25, 0.3) is 0 Å². The van der Waals surface area contributed by atoms with E-state index in [1.54, 1.807) is 0 Å². The molecule has 0 fully saturated rings. The molecule has 14 nitrogen and oxygen atoms in total. The molecule has 0 saturated carbocycles. The molecule has 0 aromatic rings. The number of unbranched alkanes of at least 4 members (excludes halogenated alkanes) is 2. The number of hydrogen-bond acceptors (Lipinski definition) is 8. The summed E-state index contributed by atoms with van der Waals surface area (Å²) >= 11 is 0. The van der Waals surface area contributed by atoms with Crippen LogP contribution < -0.4 is 71.4 Å². The molecule has 16 heteroatoms. The Bertz CT molecular complexity index is 285. The Morgan fingerprint density at radius 1 is 0.464 bits per heavy atom. The van der Waals surface area contributed by atoms with Gasteiger partial charge in [-0.05, 0) is 25.7 Å². The van der Waals surface area contributed by atoms with Crippen molar-refractivity contribution in [3.63, 3.8) is 0 Å². The van der Waals surface area contributed by atoms with E-state index in [1.165, 1.54) is 0 Å². The Morgan fingerprint density at radius 3 is 0.643 bits per heavy atom. The molecule has 0 saturated heterocycles. The number of rotatable bonds is 10. The Balaban J connectivity index is -0.0000000225. The largest absolute Gasteiger partial charge is 1.00 e. The number of hydrogen-bond donors (Lipinski definition) is 6. The predicted octanol–water partition coefficient (Wildman–Crippen LogP) is -6.24. The molecule has 0 atom stereocenters. The van der Waals surface area contributed by atoms with Crippen LogP contribution >= 0.6 is 0 Å². The molecule has 0 aliphatic heterocycles. The summed E-state index contributed by atoms with van der Waals surface area (Å²) < 4.78 is 0. The maximum atomic E-state index is 9.90. The van der Waals surface area contributed by atoms with E-state index in [0.29, 0.717) is 25.7 Å². The molecular weight excluding hydrogens is 410 g/mol. The van der Waals surface area contributed by atoms with E-state index in [-0.39, 0.29) is 119 Å². The molecule has 0 spiro atoms. The number of carboxylic acid groups (broad SMARTS) is 4. The Hall–Kier alpha value is -0.360. The molecule has 0 bridgehead atoms. The van der Waals surface area contributed by atoms with Crippen LogP contribution in [0.4, 0.5) is 0 Å². The van der Waals surface area contributed by atoms with Gasteiger partial charge in [-0.3, -0.25) is 19.2 Å². The van der Waals surface area contributed by atoms with Crippen molar-refractivity contribution in [3.8, 4) is 0 Å². The van der Waals surface area contributed by atoms with E-state index in [0.717, 1.165) is 0 Å². The molecule has 0 amide bonds. The van der Waals surface area contributed by atoms with Crippen molar-refractivity contribution in [1.29, 1.82) is 0 Å². The van der Waals surface area contributed by atoms with Crippen molar-refractivity contribution in [3.05, 3.63) is 0 Å². The third kappa shape index (κ3) is 83.7. The van der Waals surface area contributed by atoms with E-state index in [9.17, 15) is 19.2 Å². The molecule has 0 heterocycles. The van der Waals surface area contributed by atoms with Gasteiger partial charge >= 0.3 is 83.0 Å². The molecule has 0 aliphatic rings. The number of carbonyl (C=O) groups is 4. The Morgan fingerprint density at radius 2 is 0.571 bits per heavy atom. The fourth-order valence-electron chi connectivity index (χ4n) is 1.10. The van der Waals surface area contributed by atoms with Gasteiger partial charge in [-0.25, -0.2) is 0 Å². The third-order valence-electron chi connectivity index (χ3n) is 2.06. The van der Waals surface area contributed by atoms with Gasteiger partial charge in [0.25, 0.3) is 0 Å². The first-order valence-corrected chi connectivity index (χ1v) is 6.13. The molecule has 0 unspecified atom stereocenters. The average molecular weight is 442 g/mol. The third-order valence-corrected chi connectivity index (χ3v) is 2.06. The van der Waals surface area contributed by atoms with Crippen molar-refractivity contribution in [2.24, 2.45) is 0 Å². The SMILES string of the molecule is N.N.O.O.O=C(O)CCCCC(=O)O.O=C(O)CCCCC(=O)O.[Na+].[Na+].[OH-].[OH-]. The molecule has 28 heavy (non-hydrogen) atoms. The second kappa shape index (κ2) is 45.4. The monoisotopic (exact) mass is 442 g/mol. The zero-order chi connectivity index (χ0) is 16.0. The molecular formula is C12H32N2Na2O12. The van der Waals surface area contributed by atoms with Gasteiger partial charge < -0.3 is 54.6 Å². The topological polar surface area (TPSA) is 342 Å². The smallest absolute Gasteiger partial charge is 0.870 e. The molecule has 0 rings (SSSR count). The molecule has 16 N–H and O–H groups in total. The maximum Gasteiger partial charge on any atom is 1.00 e. The van der Waals surface area contributed by atoms with Crippen molar-refractivity contribution < 1.29 is 121 Å². The zero-order valence-electron chi connectivity index (χ0n) is 16.4. The van der Waals surface area contributed by atoms with Crippen LogP contribution in [0.15, 0.2) is 0 Å². The first kappa shape index (κ1) is 63.0. The van der Waals surface area contributed by atoms with Crippen LogP contribution in [0.1, 0.15) is 51.4 Å². The summed E-state index contributed by atoms with van der Waals surface area (Å²) in [5.41, 5.74) is 0. The van der Waals surface area contributed by atoms with Gasteiger partial charge in [-0.2, -0.15) is 0 Å². The maximum absolute atomic E-state index is 9.90. The van der Waals surface area contributed by atoms with E-state index in [1.807, 2.05) is 0 Å². The van der Waals surface area contributed by atoms with Crippen molar-refractivity contribution >= 4 is 23.9 Å². The molecule has 0 aromatic heterocycles. The van der Waals surface area contributed by atoms with Gasteiger partial charge in [0.1, 0.15) is 0 Å². The van der Waals surface area contributed by atoms with Crippen LogP contribution in [0, 0.1) is 0 Å². The minimum atomic E-state index is -0.870. The van der Waals surface area contributed by atoms with Crippen LogP contribution in [0.2, 0.25) is 0 Å². The van der Waals surface area contributed by atoms with E-state index in [2.05, 4.69) is 0 Å². The van der Waals surface area contributed by atoms with Gasteiger partial charge in [-0.15, -0.1) is 0 Å². The molecule has 0 aromatic carbocycles. The normalized spacial score (nSPS) is 6.57. The van der Waals surface area contributed by atoms with Crippen molar-refractivity contribution in [2.45, 2.75) is 51.4 Å². The van der Waals surface area contributed by atoms with Gasteiger partial charge in [-0.1, -0.05) is 0 Å². The molecule has 0 aliphatic carbocycles. The molecule has 164 valence electrons. The summed E-state index contributed by atoms with van der Waals surface area (Å²) in [6.45, 7) is 0. The Labute approximate surface area is 207 Å². The zero-order valence-corrected chi connectivity index (χ0v) is 20.4. The van der Waals surface area contributed by atoms with Gasteiger partial charge in [0.15, 0.2) is 0 Å².